The summed E-state index contributed by atoms with van der Waals surface area (Å²) in [6.45, 7) is 8.32. The van der Waals surface area contributed by atoms with Crippen LogP contribution in [0.1, 0.15) is 44.2 Å². The van der Waals surface area contributed by atoms with Crippen LogP contribution in [0.2, 0.25) is 0 Å². The molecule has 1 heterocycles. The standard InChI is InChI=1S/C16H25N/c1-3-5-15-6-4-7-16(12-15)13-17-10-8-14(2)9-11-17/h4,6-7,12,14H,3,5,8-11,13H2,1-2H3. The summed E-state index contributed by atoms with van der Waals surface area (Å²) in [5.74, 6) is 0.928. The van der Waals surface area contributed by atoms with Crippen LogP contribution in [0, 0.1) is 5.92 Å². The fraction of sp³-hybridized carbons (Fsp3) is 0.625. The van der Waals surface area contributed by atoms with E-state index in [0.717, 1.165) is 12.5 Å². The van der Waals surface area contributed by atoms with Crippen LogP contribution in [-0.4, -0.2) is 18.0 Å². The van der Waals surface area contributed by atoms with Crippen LogP contribution in [0.4, 0.5) is 0 Å². The van der Waals surface area contributed by atoms with Crippen LogP contribution in [0.25, 0.3) is 0 Å². The second kappa shape index (κ2) is 6.20. The minimum atomic E-state index is 0.928. The van der Waals surface area contributed by atoms with E-state index in [-0.39, 0.29) is 0 Å². The van der Waals surface area contributed by atoms with Gasteiger partial charge in [-0.05, 0) is 49.4 Å². The lowest BCUT2D eigenvalue weighted by Gasteiger charge is -2.30. The third-order valence-electron chi connectivity index (χ3n) is 3.81. The van der Waals surface area contributed by atoms with Crippen molar-refractivity contribution in [2.45, 2.75) is 46.1 Å². The van der Waals surface area contributed by atoms with Gasteiger partial charge in [-0.15, -0.1) is 0 Å². The van der Waals surface area contributed by atoms with Gasteiger partial charge < -0.3 is 0 Å². The van der Waals surface area contributed by atoms with E-state index in [0.29, 0.717) is 0 Å². The Morgan fingerprint density at radius 2 is 1.88 bits per heavy atom. The minimum absolute atomic E-state index is 0.928. The molecule has 0 aliphatic carbocycles. The van der Waals surface area contributed by atoms with Crippen LogP contribution in [-0.2, 0) is 13.0 Å². The van der Waals surface area contributed by atoms with Crippen LogP contribution < -0.4 is 0 Å². The maximum absolute atomic E-state index is 2.60. The molecule has 94 valence electrons. The monoisotopic (exact) mass is 231 g/mol. The summed E-state index contributed by atoms with van der Waals surface area (Å²) in [4.78, 5) is 2.60. The SMILES string of the molecule is CCCc1cccc(CN2CCC(C)CC2)c1. The lowest BCUT2D eigenvalue weighted by Crippen LogP contribution is -2.32. The molecule has 1 aliphatic rings. The first-order valence-electron chi connectivity index (χ1n) is 7.08. The average molecular weight is 231 g/mol. The van der Waals surface area contributed by atoms with Gasteiger partial charge in [0.05, 0.1) is 0 Å². The summed E-state index contributed by atoms with van der Waals surface area (Å²) in [5, 5.41) is 0. The van der Waals surface area contributed by atoms with E-state index in [1.807, 2.05) is 0 Å². The molecule has 1 saturated heterocycles. The maximum Gasteiger partial charge on any atom is 0.0233 e. The Bertz CT molecular complexity index is 337. The van der Waals surface area contributed by atoms with Crippen LogP contribution in [0.15, 0.2) is 24.3 Å². The van der Waals surface area contributed by atoms with Gasteiger partial charge in [0.2, 0.25) is 0 Å². The molecule has 1 heteroatoms. The van der Waals surface area contributed by atoms with E-state index in [9.17, 15) is 0 Å². The van der Waals surface area contributed by atoms with Crippen molar-refractivity contribution in [3.63, 3.8) is 0 Å². The molecule has 0 N–H and O–H groups in total. The largest absolute Gasteiger partial charge is 0.299 e. The first-order valence-corrected chi connectivity index (χ1v) is 7.08. The molecule has 1 aromatic rings. The normalized spacial score (nSPS) is 18.5. The molecule has 0 spiro atoms. The zero-order valence-electron chi connectivity index (χ0n) is 11.3. The summed E-state index contributed by atoms with van der Waals surface area (Å²) >= 11 is 0. The van der Waals surface area contributed by atoms with Crippen molar-refractivity contribution in [2.75, 3.05) is 13.1 Å². The molecule has 1 fully saturated rings. The molecule has 1 nitrogen and oxygen atoms in total. The number of rotatable bonds is 4. The number of nitrogens with zero attached hydrogens (tertiary/aromatic N) is 1. The first-order chi connectivity index (χ1) is 8.28. The average Bonchev–Trinajstić information content (AvgIpc) is 2.33. The van der Waals surface area contributed by atoms with Crippen molar-refractivity contribution in [3.05, 3.63) is 35.4 Å². The Morgan fingerprint density at radius 1 is 1.18 bits per heavy atom. The number of piperidine rings is 1. The summed E-state index contributed by atoms with van der Waals surface area (Å²) in [5.41, 5.74) is 2.99. The Kier molecular flexibility index (Phi) is 4.61. The molecular formula is C16H25N. The first kappa shape index (κ1) is 12.6. The van der Waals surface area contributed by atoms with Gasteiger partial charge in [-0.25, -0.2) is 0 Å². The molecule has 0 atom stereocenters. The summed E-state index contributed by atoms with van der Waals surface area (Å²) in [7, 11) is 0. The van der Waals surface area contributed by atoms with E-state index in [1.54, 1.807) is 0 Å². The van der Waals surface area contributed by atoms with Gasteiger partial charge in [-0.2, -0.15) is 0 Å². The Balaban J connectivity index is 1.91. The lowest BCUT2D eigenvalue weighted by molar-refractivity contribution is 0.185. The highest BCUT2D eigenvalue weighted by Gasteiger charge is 2.15. The second-order valence-corrected chi connectivity index (χ2v) is 5.53. The van der Waals surface area contributed by atoms with Crippen LogP contribution in [0.5, 0.6) is 0 Å². The summed E-state index contributed by atoms with van der Waals surface area (Å²) < 4.78 is 0. The van der Waals surface area contributed by atoms with E-state index >= 15 is 0 Å². The van der Waals surface area contributed by atoms with Crippen molar-refractivity contribution >= 4 is 0 Å². The van der Waals surface area contributed by atoms with Gasteiger partial charge in [0.1, 0.15) is 0 Å². The number of hydrogen-bond acceptors (Lipinski definition) is 1. The number of hydrogen-bond donors (Lipinski definition) is 0. The second-order valence-electron chi connectivity index (χ2n) is 5.53. The predicted molar refractivity (Wildman–Crippen MR) is 74.1 cm³/mol. The van der Waals surface area contributed by atoms with Crippen molar-refractivity contribution in [1.29, 1.82) is 0 Å². The number of benzene rings is 1. The fourth-order valence-electron chi connectivity index (χ4n) is 2.65. The van der Waals surface area contributed by atoms with Crippen molar-refractivity contribution < 1.29 is 0 Å². The molecule has 0 saturated carbocycles. The van der Waals surface area contributed by atoms with Gasteiger partial charge in [0.15, 0.2) is 0 Å². The topological polar surface area (TPSA) is 3.24 Å². The van der Waals surface area contributed by atoms with Crippen LogP contribution in [0.3, 0.4) is 0 Å². The van der Waals surface area contributed by atoms with E-state index in [1.165, 1.54) is 49.9 Å². The van der Waals surface area contributed by atoms with Crippen molar-refractivity contribution in [1.82, 2.24) is 4.90 Å². The molecule has 1 aliphatic heterocycles. The van der Waals surface area contributed by atoms with Crippen molar-refractivity contribution in [3.8, 4) is 0 Å². The van der Waals surface area contributed by atoms with Crippen LogP contribution >= 0.6 is 0 Å². The maximum atomic E-state index is 2.60. The molecule has 1 aromatic carbocycles. The Morgan fingerprint density at radius 3 is 2.59 bits per heavy atom. The smallest absolute Gasteiger partial charge is 0.0233 e. The molecule has 0 bridgehead atoms. The van der Waals surface area contributed by atoms with Gasteiger partial charge in [0.25, 0.3) is 0 Å². The molecule has 0 radical (unpaired) electrons. The summed E-state index contributed by atoms with van der Waals surface area (Å²) in [6, 6.07) is 9.14. The minimum Gasteiger partial charge on any atom is -0.299 e. The molecule has 2 rings (SSSR count). The highest BCUT2D eigenvalue weighted by molar-refractivity contribution is 5.23. The van der Waals surface area contributed by atoms with Gasteiger partial charge in [0, 0.05) is 6.54 Å². The van der Waals surface area contributed by atoms with E-state index < -0.39 is 0 Å². The summed E-state index contributed by atoms with van der Waals surface area (Å²) in [6.07, 6.45) is 5.19. The predicted octanol–water partition coefficient (Wildman–Crippen LogP) is 3.87. The van der Waals surface area contributed by atoms with E-state index in [4.69, 9.17) is 0 Å². The molecule has 0 unspecified atom stereocenters. The number of aryl methyl sites for hydroxylation is 1. The molecule has 0 aromatic heterocycles. The molecule has 17 heavy (non-hydrogen) atoms. The molecular weight excluding hydrogens is 206 g/mol. The third kappa shape index (κ3) is 3.85. The zero-order chi connectivity index (χ0) is 12.1. The zero-order valence-corrected chi connectivity index (χ0v) is 11.3. The highest BCUT2D eigenvalue weighted by Crippen LogP contribution is 2.18. The highest BCUT2D eigenvalue weighted by atomic mass is 15.1. The third-order valence-corrected chi connectivity index (χ3v) is 3.81. The fourth-order valence-corrected chi connectivity index (χ4v) is 2.65. The van der Waals surface area contributed by atoms with E-state index in [2.05, 4.69) is 43.0 Å². The Labute approximate surface area is 106 Å². The lowest BCUT2D eigenvalue weighted by atomic mass is 9.98. The molecule has 0 amide bonds. The quantitative estimate of drug-likeness (QED) is 0.760. The number of likely N-dealkylation sites (tertiary alicyclic amines) is 1. The Hall–Kier alpha value is -0.820. The van der Waals surface area contributed by atoms with Gasteiger partial charge >= 0.3 is 0 Å². The van der Waals surface area contributed by atoms with Gasteiger partial charge in [-0.3, -0.25) is 4.90 Å². The van der Waals surface area contributed by atoms with Gasteiger partial charge in [-0.1, -0.05) is 44.5 Å². The van der Waals surface area contributed by atoms with Crippen molar-refractivity contribution in [2.24, 2.45) is 5.92 Å².